The average molecular weight is 355 g/mol. The maximum Gasteiger partial charge on any atom is 0.246 e. The smallest absolute Gasteiger partial charge is 0.246 e. The predicted molar refractivity (Wildman–Crippen MR) is 92.1 cm³/mol. The third kappa shape index (κ3) is 4.61. The van der Waals surface area contributed by atoms with Crippen molar-refractivity contribution in [2.24, 2.45) is 11.5 Å². The molecule has 1 rings (SSSR count). The Morgan fingerprint density at radius 2 is 1.83 bits per heavy atom. The Kier molecular flexibility index (Phi) is 7.04. The molecular weight excluding hydrogens is 330 g/mol. The van der Waals surface area contributed by atoms with Gasteiger partial charge in [-0.25, -0.2) is 8.42 Å². The molecule has 0 radical (unpaired) electrons. The van der Waals surface area contributed by atoms with Crippen molar-refractivity contribution in [1.82, 2.24) is 4.98 Å². The van der Waals surface area contributed by atoms with Crippen molar-refractivity contribution in [3.05, 3.63) is 30.1 Å². The summed E-state index contributed by atoms with van der Waals surface area (Å²) in [6.45, 7) is 3.76. The quantitative estimate of drug-likeness (QED) is 0.472. The molecule has 0 saturated heterocycles. The van der Waals surface area contributed by atoms with E-state index in [1.165, 1.54) is 24.5 Å². The zero-order valence-electron chi connectivity index (χ0n) is 14.1. The minimum absolute atomic E-state index is 0.0523. The summed E-state index contributed by atoms with van der Waals surface area (Å²) in [5.74, 6) is -2.79. The highest BCUT2D eigenvalue weighted by Crippen LogP contribution is 2.21. The molecule has 4 N–H and O–H groups in total. The fraction of sp³-hybridized carbons (Fsp3) is 0.562. The second-order valence-electron chi connectivity index (χ2n) is 5.91. The van der Waals surface area contributed by atoms with Crippen LogP contribution in [-0.4, -0.2) is 41.6 Å². The normalized spacial score (nSPS) is 14.3. The summed E-state index contributed by atoms with van der Waals surface area (Å²) >= 11 is 0. The lowest BCUT2D eigenvalue weighted by atomic mass is 9.92. The highest BCUT2D eigenvalue weighted by Gasteiger charge is 2.46. The molecule has 0 aliphatic carbocycles. The second kappa shape index (κ2) is 8.34. The van der Waals surface area contributed by atoms with E-state index < -0.39 is 38.1 Å². The molecule has 1 amide bonds. The number of nitrogens with zero attached hydrogens (tertiary/aromatic N) is 1. The van der Waals surface area contributed by atoms with Crippen LogP contribution in [-0.2, 0) is 14.6 Å². The highest BCUT2D eigenvalue weighted by atomic mass is 32.2. The van der Waals surface area contributed by atoms with Crippen LogP contribution in [0.5, 0.6) is 0 Å². The number of amides is 1. The molecule has 0 aliphatic heterocycles. The number of hydrogen-bond acceptors (Lipinski definition) is 6. The molecule has 0 aromatic carbocycles. The highest BCUT2D eigenvalue weighted by molar-refractivity contribution is 7.92. The molecule has 1 atom stereocenters. The van der Waals surface area contributed by atoms with E-state index in [-0.39, 0.29) is 5.56 Å². The van der Waals surface area contributed by atoms with Crippen molar-refractivity contribution in [3.8, 4) is 0 Å². The van der Waals surface area contributed by atoms with E-state index in [9.17, 15) is 18.0 Å². The van der Waals surface area contributed by atoms with E-state index in [2.05, 4.69) is 4.98 Å². The number of rotatable bonds is 10. The number of hydrogen-bond donors (Lipinski definition) is 2. The Morgan fingerprint density at radius 3 is 2.25 bits per heavy atom. The van der Waals surface area contributed by atoms with Crippen molar-refractivity contribution < 1.29 is 18.0 Å². The van der Waals surface area contributed by atoms with Crippen LogP contribution in [0.2, 0.25) is 0 Å². The van der Waals surface area contributed by atoms with E-state index in [0.29, 0.717) is 25.7 Å². The average Bonchev–Trinajstić information content (AvgIpc) is 2.54. The zero-order valence-corrected chi connectivity index (χ0v) is 14.9. The molecule has 0 bridgehead atoms. The molecule has 134 valence electrons. The van der Waals surface area contributed by atoms with Crippen molar-refractivity contribution in [1.29, 1.82) is 0 Å². The number of carbonyl (C=O) groups is 2. The van der Waals surface area contributed by atoms with Gasteiger partial charge in [0.1, 0.15) is 0 Å². The lowest BCUT2D eigenvalue weighted by Gasteiger charge is -2.27. The summed E-state index contributed by atoms with van der Waals surface area (Å²) in [5, 5.41) is -0.642. The van der Waals surface area contributed by atoms with E-state index in [1.807, 2.05) is 13.8 Å². The maximum atomic E-state index is 12.7. The molecular formula is C16H25N3O4S. The van der Waals surface area contributed by atoms with E-state index in [1.54, 1.807) is 0 Å². The number of ketones is 1. The Morgan fingerprint density at radius 1 is 1.25 bits per heavy atom. The third-order valence-electron chi connectivity index (χ3n) is 3.93. The van der Waals surface area contributed by atoms with E-state index in [4.69, 9.17) is 11.5 Å². The van der Waals surface area contributed by atoms with Crippen molar-refractivity contribution in [2.75, 3.05) is 5.75 Å². The first-order valence-electron chi connectivity index (χ1n) is 7.94. The Balaban J connectivity index is 3.20. The van der Waals surface area contributed by atoms with Crippen molar-refractivity contribution >= 4 is 21.5 Å². The van der Waals surface area contributed by atoms with Crippen LogP contribution < -0.4 is 11.5 Å². The number of carbonyl (C=O) groups excluding carboxylic acids is 2. The lowest BCUT2D eigenvalue weighted by Crippen LogP contribution is -2.63. The van der Waals surface area contributed by atoms with Gasteiger partial charge in [-0.15, -0.1) is 0 Å². The second-order valence-corrected chi connectivity index (χ2v) is 8.19. The van der Waals surface area contributed by atoms with Gasteiger partial charge in [-0.1, -0.05) is 26.7 Å². The number of pyridine rings is 1. The van der Waals surface area contributed by atoms with Gasteiger partial charge < -0.3 is 11.5 Å². The first-order valence-corrected chi connectivity index (χ1v) is 9.65. The van der Waals surface area contributed by atoms with Gasteiger partial charge in [0.25, 0.3) is 0 Å². The minimum Gasteiger partial charge on any atom is -0.368 e. The maximum absolute atomic E-state index is 12.7. The number of sulfone groups is 1. The first kappa shape index (κ1) is 20.2. The standard InChI is InChI=1S/C16H25N3O4S/c1-3-6-13(7-4-2)24(22,23)11-16(18,15(17)21)14(20)12-8-5-9-19-10-12/h5,8-10,13H,3-4,6-7,11,18H2,1-2H3,(H2,17,21)/t16-/m1/s1. The molecule has 1 aromatic heterocycles. The lowest BCUT2D eigenvalue weighted by molar-refractivity contribution is -0.120. The van der Waals surface area contributed by atoms with Crippen LogP contribution in [0.3, 0.4) is 0 Å². The Labute approximate surface area is 142 Å². The van der Waals surface area contributed by atoms with Crippen LogP contribution in [0.25, 0.3) is 0 Å². The molecule has 0 aliphatic rings. The molecule has 1 aromatic rings. The minimum atomic E-state index is -3.77. The van der Waals surface area contributed by atoms with Crippen LogP contribution >= 0.6 is 0 Å². The van der Waals surface area contributed by atoms with E-state index >= 15 is 0 Å². The van der Waals surface area contributed by atoms with Gasteiger partial charge in [-0.05, 0) is 25.0 Å². The van der Waals surface area contributed by atoms with Crippen LogP contribution in [0.1, 0.15) is 49.9 Å². The molecule has 8 heteroatoms. The zero-order chi connectivity index (χ0) is 18.4. The first-order chi connectivity index (χ1) is 11.2. The van der Waals surface area contributed by atoms with Gasteiger partial charge in [0, 0.05) is 18.0 Å². The van der Waals surface area contributed by atoms with Gasteiger partial charge in [0.2, 0.25) is 5.91 Å². The fourth-order valence-corrected chi connectivity index (χ4v) is 4.92. The summed E-state index contributed by atoms with van der Waals surface area (Å²) in [6, 6.07) is 2.92. The summed E-state index contributed by atoms with van der Waals surface area (Å²) in [7, 11) is -3.77. The third-order valence-corrected chi connectivity index (χ3v) is 6.27. The number of aromatic nitrogens is 1. The molecule has 0 unspecified atom stereocenters. The SMILES string of the molecule is CCCC(CCC)S(=O)(=O)C[C@](N)(C(N)=O)C(=O)c1cccnc1. The van der Waals surface area contributed by atoms with Crippen LogP contribution in [0, 0.1) is 0 Å². The van der Waals surface area contributed by atoms with Gasteiger partial charge >= 0.3 is 0 Å². The number of nitrogens with two attached hydrogens (primary N) is 2. The number of Topliss-reactive ketones (excluding diaryl/α,β-unsaturated/α-hetero) is 1. The Hall–Kier alpha value is -1.80. The van der Waals surface area contributed by atoms with Crippen LogP contribution in [0.4, 0.5) is 0 Å². The fourth-order valence-electron chi connectivity index (χ4n) is 2.59. The summed E-state index contributed by atoms with van der Waals surface area (Å²) in [4.78, 5) is 28.2. The summed E-state index contributed by atoms with van der Waals surface area (Å²) in [6.07, 6.45) is 4.94. The molecule has 1 heterocycles. The largest absolute Gasteiger partial charge is 0.368 e. The molecule has 7 nitrogen and oxygen atoms in total. The molecule has 0 fully saturated rings. The number of primary amides is 1. The summed E-state index contributed by atoms with van der Waals surface area (Å²) < 4.78 is 25.4. The topological polar surface area (TPSA) is 133 Å². The predicted octanol–water partition coefficient (Wildman–Crippen LogP) is 0.831. The molecule has 0 spiro atoms. The van der Waals surface area contributed by atoms with Crippen LogP contribution in [0.15, 0.2) is 24.5 Å². The molecule has 24 heavy (non-hydrogen) atoms. The monoisotopic (exact) mass is 355 g/mol. The molecule has 0 saturated carbocycles. The van der Waals surface area contributed by atoms with Gasteiger partial charge in [0.15, 0.2) is 21.2 Å². The van der Waals surface area contributed by atoms with Crippen molar-refractivity contribution in [3.63, 3.8) is 0 Å². The van der Waals surface area contributed by atoms with Crippen molar-refractivity contribution in [2.45, 2.75) is 50.3 Å². The summed E-state index contributed by atoms with van der Waals surface area (Å²) in [5.41, 5.74) is 8.94. The van der Waals surface area contributed by atoms with Gasteiger partial charge in [-0.3, -0.25) is 14.6 Å². The van der Waals surface area contributed by atoms with Gasteiger partial charge in [0.05, 0.1) is 11.0 Å². The van der Waals surface area contributed by atoms with E-state index in [0.717, 1.165) is 0 Å². The Bertz CT molecular complexity index is 670. The van der Waals surface area contributed by atoms with Gasteiger partial charge in [-0.2, -0.15) is 0 Å².